The molecule has 1 atom stereocenters. The molecule has 1 unspecified atom stereocenters. The van der Waals surface area contributed by atoms with Crippen molar-refractivity contribution in [1.82, 2.24) is 10.2 Å². The summed E-state index contributed by atoms with van der Waals surface area (Å²) < 4.78 is 0. The lowest BCUT2D eigenvalue weighted by molar-refractivity contribution is -0.135. The number of nitrogens with one attached hydrogen (secondary N) is 1. The zero-order chi connectivity index (χ0) is 14.5. The van der Waals surface area contributed by atoms with Gasteiger partial charge in [0.15, 0.2) is 0 Å². The Hall–Kier alpha value is -1.55. The average Bonchev–Trinajstić information content (AvgIpc) is 2.47. The normalized spacial score (nSPS) is 17.1. The van der Waals surface area contributed by atoms with Gasteiger partial charge in [-0.25, -0.2) is 0 Å². The van der Waals surface area contributed by atoms with Crippen LogP contribution in [0.15, 0.2) is 24.3 Å². The predicted molar refractivity (Wildman–Crippen MR) is 83.1 cm³/mol. The van der Waals surface area contributed by atoms with E-state index in [4.69, 9.17) is 0 Å². The summed E-state index contributed by atoms with van der Waals surface area (Å²) in [6.45, 7) is 8.33. The fraction of sp³-hybridized carbons (Fsp3) is 0.562. The minimum atomic E-state index is 0.0607. The Balaban J connectivity index is 1.91. The third kappa shape index (κ3) is 3.51. The number of anilines is 1. The summed E-state index contributed by atoms with van der Waals surface area (Å²) in [6.07, 6.45) is 0. The quantitative estimate of drug-likeness (QED) is 0.904. The molecule has 1 aromatic rings. The molecule has 0 aliphatic carbocycles. The fourth-order valence-electron chi connectivity index (χ4n) is 2.71. The molecule has 1 aromatic carbocycles. The molecule has 1 amide bonds. The molecule has 0 spiro atoms. The van der Waals surface area contributed by atoms with Crippen LogP contribution in [0.2, 0.25) is 0 Å². The molecule has 110 valence electrons. The summed E-state index contributed by atoms with van der Waals surface area (Å²) in [6, 6.07) is 8.56. The molecule has 4 heteroatoms. The second-order valence-corrected chi connectivity index (χ2v) is 5.61. The molecule has 20 heavy (non-hydrogen) atoms. The second kappa shape index (κ2) is 6.75. The summed E-state index contributed by atoms with van der Waals surface area (Å²) in [5, 5.41) is 3.07. The maximum atomic E-state index is 12.3. The third-order valence-electron chi connectivity index (χ3n) is 3.89. The lowest BCUT2D eigenvalue weighted by atomic mass is 10.1. The van der Waals surface area contributed by atoms with Crippen LogP contribution in [0.5, 0.6) is 0 Å². The van der Waals surface area contributed by atoms with E-state index in [1.807, 2.05) is 18.9 Å². The highest BCUT2D eigenvalue weighted by Crippen LogP contribution is 2.18. The summed E-state index contributed by atoms with van der Waals surface area (Å²) in [7, 11) is 1.89. The number of benzene rings is 1. The monoisotopic (exact) mass is 275 g/mol. The highest BCUT2D eigenvalue weighted by atomic mass is 16.2. The SMILES string of the molecule is CNCC(C)C(=O)N1CCN(c2cccc(C)c2)CC1. The van der Waals surface area contributed by atoms with Gasteiger partial charge in [0.05, 0.1) is 0 Å². The number of nitrogens with zero attached hydrogens (tertiary/aromatic N) is 2. The van der Waals surface area contributed by atoms with Crippen LogP contribution in [0.25, 0.3) is 0 Å². The van der Waals surface area contributed by atoms with E-state index in [1.54, 1.807) is 0 Å². The van der Waals surface area contributed by atoms with Crippen molar-refractivity contribution in [3.8, 4) is 0 Å². The van der Waals surface area contributed by atoms with Gasteiger partial charge < -0.3 is 15.1 Å². The minimum absolute atomic E-state index is 0.0607. The largest absolute Gasteiger partial charge is 0.368 e. The lowest BCUT2D eigenvalue weighted by Gasteiger charge is -2.37. The highest BCUT2D eigenvalue weighted by Gasteiger charge is 2.24. The molecule has 1 aliphatic heterocycles. The first-order chi connectivity index (χ1) is 9.61. The molecule has 0 aromatic heterocycles. The van der Waals surface area contributed by atoms with E-state index in [-0.39, 0.29) is 11.8 Å². The van der Waals surface area contributed by atoms with Gasteiger partial charge in [-0.05, 0) is 31.7 Å². The van der Waals surface area contributed by atoms with E-state index >= 15 is 0 Å². The number of carbonyl (C=O) groups is 1. The highest BCUT2D eigenvalue weighted by molar-refractivity contribution is 5.79. The molecule has 0 bridgehead atoms. The number of piperazine rings is 1. The van der Waals surface area contributed by atoms with Gasteiger partial charge in [0, 0.05) is 44.3 Å². The Morgan fingerprint density at radius 2 is 2.00 bits per heavy atom. The van der Waals surface area contributed by atoms with Gasteiger partial charge in [0.1, 0.15) is 0 Å². The number of aryl methyl sites for hydroxylation is 1. The molecule has 1 heterocycles. The average molecular weight is 275 g/mol. The van der Waals surface area contributed by atoms with Crippen LogP contribution in [0.3, 0.4) is 0 Å². The zero-order valence-corrected chi connectivity index (χ0v) is 12.7. The molecular formula is C16H25N3O. The molecule has 4 nitrogen and oxygen atoms in total. The van der Waals surface area contributed by atoms with Gasteiger partial charge in [-0.15, -0.1) is 0 Å². The summed E-state index contributed by atoms with van der Waals surface area (Å²) in [4.78, 5) is 16.6. The van der Waals surface area contributed by atoms with Crippen LogP contribution in [-0.2, 0) is 4.79 Å². The van der Waals surface area contributed by atoms with Crippen molar-refractivity contribution in [1.29, 1.82) is 0 Å². The maximum Gasteiger partial charge on any atom is 0.226 e. The first-order valence-electron chi connectivity index (χ1n) is 7.37. The Morgan fingerprint density at radius 3 is 2.60 bits per heavy atom. The Labute approximate surface area is 121 Å². The van der Waals surface area contributed by atoms with E-state index in [2.05, 4.69) is 41.4 Å². The van der Waals surface area contributed by atoms with Crippen LogP contribution in [0.4, 0.5) is 5.69 Å². The van der Waals surface area contributed by atoms with Gasteiger partial charge >= 0.3 is 0 Å². The maximum absolute atomic E-state index is 12.3. The fourth-order valence-corrected chi connectivity index (χ4v) is 2.71. The van der Waals surface area contributed by atoms with E-state index in [0.29, 0.717) is 0 Å². The summed E-state index contributed by atoms with van der Waals surface area (Å²) in [5.41, 5.74) is 2.55. The van der Waals surface area contributed by atoms with Gasteiger partial charge in [-0.2, -0.15) is 0 Å². The van der Waals surface area contributed by atoms with E-state index in [9.17, 15) is 4.79 Å². The molecule has 0 radical (unpaired) electrons. The first-order valence-corrected chi connectivity index (χ1v) is 7.37. The first kappa shape index (κ1) is 14.9. The van der Waals surface area contributed by atoms with Crippen LogP contribution in [0.1, 0.15) is 12.5 Å². The number of hydrogen-bond donors (Lipinski definition) is 1. The minimum Gasteiger partial charge on any atom is -0.368 e. The zero-order valence-electron chi connectivity index (χ0n) is 12.7. The van der Waals surface area contributed by atoms with Crippen molar-refractivity contribution < 1.29 is 4.79 Å². The number of hydrogen-bond acceptors (Lipinski definition) is 3. The molecule has 2 rings (SSSR count). The number of rotatable bonds is 4. The van der Waals surface area contributed by atoms with Crippen LogP contribution < -0.4 is 10.2 Å². The van der Waals surface area contributed by atoms with Gasteiger partial charge in [-0.1, -0.05) is 19.1 Å². The van der Waals surface area contributed by atoms with Crippen LogP contribution in [0, 0.1) is 12.8 Å². The van der Waals surface area contributed by atoms with Crippen LogP contribution in [-0.4, -0.2) is 50.6 Å². The van der Waals surface area contributed by atoms with Crippen molar-refractivity contribution >= 4 is 11.6 Å². The van der Waals surface area contributed by atoms with E-state index in [1.165, 1.54) is 11.3 Å². The van der Waals surface area contributed by atoms with Crippen molar-refractivity contribution in [2.45, 2.75) is 13.8 Å². The second-order valence-electron chi connectivity index (χ2n) is 5.61. The number of amides is 1. The van der Waals surface area contributed by atoms with E-state index in [0.717, 1.165) is 32.7 Å². The van der Waals surface area contributed by atoms with E-state index < -0.39 is 0 Å². The summed E-state index contributed by atoms with van der Waals surface area (Å²) >= 11 is 0. The lowest BCUT2D eigenvalue weighted by Crippen LogP contribution is -2.51. The van der Waals surface area contributed by atoms with Gasteiger partial charge in [0.2, 0.25) is 5.91 Å². The van der Waals surface area contributed by atoms with Crippen molar-refractivity contribution in [2.24, 2.45) is 5.92 Å². The van der Waals surface area contributed by atoms with Crippen molar-refractivity contribution in [3.63, 3.8) is 0 Å². The molecular weight excluding hydrogens is 250 g/mol. The summed E-state index contributed by atoms with van der Waals surface area (Å²) in [5.74, 6) is 0.328. The molecule has 1 fully saturated rings. The molecule has 1 saturated heterocycles. The Bertz CT molecular complexity index is 453. The van der Waals surface area contributed by atoms with Gasteiger partial charge in [-0.3, -0.25) is 4.79 Å². The van der Waals surface area contributed by atoms with Gasteiger partial charge in [0.25, 0.3) is 0 Å². The standard InChI is InChI=1S/C16H25N3O/c1-13-5-4-6-15(11-13)18-7-9-19(10-8-18)16(20)14(2)12-17-3/h4-6,11,14,17H,7-10,12H2,1-3H3. The third-order valence-corrected chi connectivity index (χ3v) is 3.89. The molecule has 1 N–H and O–H groups in total. The molecule has 0 saturated carbocycles. The predicted octanol–water partition coefficient (Wildman–Crippen LogP) is 1.50. The van der Waals surface area contributed by atoms with Crippen molar-refractivity contribution in [2.75, 3.05) is 44.7 Å². The van der Waals surface area contributed by atoms with Crippen molar-refractivity contribution in [3.05, 3.63) is 29.8 Å². The van der Waals surface area contributed by atoms with Crippen LogP contribution >= 0.6 is 0 Å². The smallest absolute Gasteiger partial charge is 0.226 e. The number of carbonyl (C=O) groups excluding carboxylic acids is 1. The topological polar surface area (TPSA) is 35.6 Å². The Kier molecular flexibility index (Phi) is 5.01. The molecule has 1 aliphatic rings. The Morgan fingerprint density at radius 1 is 1.30 bits per heavy atom.